The molecule has 1 aliphatic rings. The highest BCUT2D eigenvalue weighted by molar-refractivity contribution is 5.92. The molecule has 1 amide bonds. The molecule has 0 spiro atoms. The number of rotatable bonds is 8. The van der Waals surface area contributed by atoms with Gasteiger partial charge in [0, 0.05) is 52.0 Å². The molecule has 28 heavy (non-hydrogen) atoms. The Morgan fingerprint density at radius 1 is 1.07 bits per heavy atom. The first-order valence-electron chi connectivity index (χ1n) is 10.1. The molecule has 0 unspecified atom stereocenters. The summed E-state index contributed by atoms with van der Waals surface area (Å²) in [7, 11) is 0. The van der Waals surface area contributed by atoms with Gasteiger partial charge in [-0.15, -0.1) is 0 Å². The predicted molar refractivity (Wildman–Crippen MR) is 109 cm³/mol. The zero-order valence-electron chi connectivity index (χ0n) is 16.5. The zero-order chi connectivity index (χ0) is 19.8. The summed E-state index contributed by atoms with van der Waals surface area (Å²) in [5.41, 5.74) is 2.62. The van der Waals surface area contributed by atoms with E-state index >= 15 is 0 Å². The van der Waals surface area contributed by atoms with Crippen molar-refractivity contribution in [3.63, 3.8) is 0 Å². The maximum Gasteiger partial charge on any atom is 0.272 e. The van der Waals surface area contributed by atoms with E-state index < -0.39 is 11.7 Å². The lowest BCUT2D eigenvalue weighted by atomic mass is 10.1. The Balaban J connectivity index is 1.36. The molecule has 1 N–H and O–H groups in total. The van der Waals surface area contributed by atoms with E-state index in [1.54, 1.807) is 0 Å². The van der Waals surface area contributed by atoms with Gasteiger partial charge in [0.1, 0.15) is 0 Å². The molecule has 0 bridgehead atoms. The topological polar surface area (TPSA) is 48.5 Å². The second-order valence-electron chi connectivity index (χ2n) is 7.27. The number of carbonyl (C=O) groups is 1. The van der Waals surface area contributed by atoms with Crippen LogP contribution >= 0.6 is 0 Å². The molecule has 1 aromatic carbocycles. The highest BCUT2D eigenvalue weighted by atomic mass is 19.1. The number of nitrogens with zero attached hydrogens (tertiary/aromatic N) is 3. The minimum absolute atomic E-state index is 0.141. The third kappa shape index (κ3) is 5.84. The first kappa shape index (κ1) is 20.4. The molecular weight excluding hydrogens is 355 g/mol. The largest absolute Gasteiger partial charge is 0.349 e. The van der Waals surface area contributed by atoms with Crippen LogP contribution in [0.3, 0.4) is 0 Å². The minimum atomic E-state index is -0.587. The van der Waals surface area contributed by atoms with Gasteiger partial charge in [0.25, 0.3) is 5.91 Å². The van der Waals surface area contributed by atoms with Crippen molar-refractivity contribution in [2.24, 2.45) is 0 Å². The summed E-state index contributed by atoms with van der Waals surface area (Å²) >= 11 is 0. The summed E-state index contributed by atoms with van der Waals surface area (Å²) < 4.78 is 13.6. The number of hydrogen-bond donors (Lipinski definition) is 1. The second kappa shape index (κ2) is 10.3. The molecule has 0 saturated carbocycles. The van der Waals surface area contributed by atoms with Gasteiger partial charge in [-0.3, -0.25) is 14.6 Å². The van der Waals surface area contributed by atoms with Crippen LogP contribution in [0.5, 0.6) is 0 Å². The van der Waals surface area contributed by atoms with Crippen molar-refractivity contribution in [3.05, 3.63) is 65.2 Å². The number of aromatic nitrogens is 1. The number of aryl methyl sites for hydroxylation is 1. The van der Waals surface area contributed by atoms with Gasteiger partial charge < -0.3 is 5.32 Å². The molecule has 150 valence electrons. The van der Waals surface area contributed by atoms with Gasteiger partial charge in [0.15, 0.2) is 11.5 Å². The van der Waals surface area contributed by atoms with E-state index in [1.165, 1.54) is 35.9 Å². The second-order valence-corrected chi connectivity index (χ2v) is 7.27. The van der Waals surface area contributed by atoms with Gasteiger partial charge in [-0.2, -0.15) is 0 Å². The Kier molecular flexibility index (Phi) is 7.51. The van der Waals surface area contributed by atoms with Gasteiger partial charge in [-0.05, 0) is 29.7 Å². The Labute approximate surface area is 166 Å². The smallest absolute Gasteiger partial charge is 0.272 e. The number of benzene rings is 1. The number of carbonyl (C=O) groups excluding carboxylic acids is 1. The average molecular weight is 384 g/mol. The third-order valence-corrected chi connectivity index (χ3v) is 5.12. The zero-order valence-corrected chi connectivity index (χ0v) is 16.5. The maximum atomic E-state index is 13.6. The average Bonchev–Trinajstić information content (AvgIpc) is 2.71. The monoisotopic (exact) mass is 384 g/mol. The van der Waals surface area contributed by atoms with Crippen molar-refractivity contribution < 1.29 is 9.18 Å². The van der Waals surface area contributed by atoms with E-state index in [9.17, 15) is 9.18 Å². The summed E-state index contributed by atoms with van der Waals surface area (Å²) in [6, 6.07) is 11.7. The molecule has 2 heterocycles. The predicted octanol–water partition coefficient (Wildman–Crippen LogP) is 2.72. The van der Waals surface area contributed by atoms with Crippen LogP contribution in [-0.4, -0.2) is 60.0 Å². The van der Waals surface area contributed by atoms with Crippen LogP contribution in [0.1, 0.15) is 35.0 Å². The minimum Gasteiger partial charge on any atom is -0.349 e. The molecule has 6 heteroatoms. The van der Waals surface area contributed by atoms with Crippen molar-refractivity contribution in [1.82, 2.24) is 20.1 Å². The Hall–Kier alpha value is -2.31. The fourth-order valence-corrected chi connectivity index (χ4v) is 3.49. The standard InChI is InChI=1S/C22H29FN4O/c1-2-4-18-6-8-19(9-7-18)17-27-15-13-26(14-16-27)12-11-25-22(28)21-20(23)5-3-10-24-21/h3,5-10H,2,4,11-17H2,1H3,(H,25,28). The van der Waals surface area contributed by atoms with Crippen LogP contribution in [0.2, 0.25) is 0 Å². The molecule has 0 aliphatic carbocycles. The molecule has 1 fully saturated rings. The van der Waals surface area contributed by atoms with Crippen molar-refractivity contribution in [3.8, 4) is 0 Å². The van der Waals surface area contributed by atoms with Gasteiger partial charge >= 0.3 is 0 Å². The number of amides is 1. The van der Waals surface area contributed by atoms with E-state index in [-0.39, 0.29) is 5.69 Å². The third-order valence-electron chi connectivity index (χ3n) is 5.12. The summed E-state index contributed by atoms with van der Waals surface area (Å²) in [5.74, 6) is -1.04. The van der Waals surface area contributed by atoms with Crippen LogP contribution in [-0.2, 0) is 13.0 Å². The van der Waals surface area contributed by atoms with Crippen LogP contribution in [0.25, 0.3) is 0 Å². The molecule has 5 nitrogen and oxygen atoms in total. The summed E-state index contributed by atoms with van der Waals surface area (Å²) in [4.78, 5) is 20.6. The number of hydrogen-bond acceptors (Lipinski definition) is 4. The molecular formula is C22H29FN4O. The van der Waals surface area contributed by atoms with Crippen molar-refractivity contribution in [1.29, 1.82) is 0 Å². The van der Waals surface area contributed by atoms with Gasteiger partial charge in [-0.25, -0.2) is 9.37 Å². The fraction of sp³-hybridized carbons (Fsp3) is 0.455. The highest BCUT2D eigenvalue weighted by Gasteiger charge is 2.17. The maximum absolute atomic E-state index is 13.6. The number of pyridine rings is 1. The summed E-state index contributed by atoms with van der Waals surface area (Å²) in [6.07, 6.45) is 3.75. The van der Waals surface area contributed by atoms with Crippen LogP contribution in [0, 0.1) is 5.82 Å². The van der Waals surface area contributed by atoms with Crippen LogP contribution in [0.15, 0.2) is 42.6 Å². The molecule has 0 radical (unpaired) electrons. The lowest BCUT2D eigenvalue weighted by Crippen LogP contribution is -2.48. The van der Waals surface area contributed by atoms with E-state index in [0.29, 0.717) is 6.54 Å². The van der Waals surface area contributed by atoms with Crippen molar-refractivity contribution in [2.45, 2.75) is 26.3 Å². The molecule has 1 aliphatic heterocycles. The van der Waals surface area contributed by atoms with E-state index in [0.717, 1.165) is 45.7 Å². The van der Waals surface area contributed by atoms with Gasteiger partial charge in [-0.1, -0.05) is 37.6 Å². The Morgan fingerprint density at radius 2 is 1.75 bits per heavy atom. The lowest BCUT2D eigenvalue weighted by molar-refractivity contribution is 0.0925. The lowest BCUT2D eigenvalue weighted by Gasteiger charge is -2.34. The van der Waals surface area contributed by atoms with Crippen molar-refractivity contribution in [2.75, 3.05) is 39.3 Å². The molecule has 1 saturated heterocycles. The molecule has 1 aromatic heterocycles. The quantitative estimate of drug-likeness (QED) is 0.760. The Morgan fingerprint density at radius 3 is 2.43 bits per heavy atom. The van der Waals surface area contributed by atoms with Crippen LogP contribution in [0.4, 0.5) is 4.39 Å². The van der Waals surface area contributed by atoms with E-state index in [4.69, 9.17) is 0 Å². The molecule has 2 aromatic rings. The summed E-state index contributed by atoms with van der Waals surface area (Å²) in [6.45, 7) is 8.42. The SMILES string of the molecule is CCCc1ccc(CN2CCN(CCNC(=O)c3ncccc3F)CC2)cc1. The first-order valence-corrected chi connectivity index (χ1v) is 10.1. The number of halogens is 1. The van der Waals surface area contributed by atoms with Gasteiger partial charge in [0.2, 0.25) is 0 Å². The fourth-order valence-electron chi connectivity index (χ4n) is 3.49. The van der Waals surface area contributed by atoms with Crippen LogP contribution < -0.4 is 5.32 Å². The number of nitrogens with one attached hydrogen (secondary N) is 1. The number of piperazine rings is 1. The highest BCUT2D eigenvalue weighted by Crippen LogP contribution is 2.11. The van der Waals surface area contributed by atoms with Gasteiger partial charge in [0.05, 0.1) is 0 Å². The van der Waals surface area contributed by atoms with E-state index in [2.05, 4.69) is 51.3 Å². The Bertz CT molecular complexity index is 757. The normalized spacial score (nSPS) is 15.5. The first-order chi connectivity index (χ1) is 13.7. The molecule has 3 rings (SSSR count). The van der Waals surface area contributed by atoms with E-state index in [1.807, 2.05) is 0 Å². The summed E-state index contributed by atoms with van der Waals surface area (Å²) in [5, 5.41) is 2.76. The molecule has 0 atom stereocenters. The van der Waals surface area contributed by atoms with Crippen molar-refractivity contribution >= 4 is 5.91 Å².